The zero-order valence-corrected chi connectivity index (χ0v) is 16.3. The van der Waals surface area contributed by atoms with Gasteiger partial charge in [0, 0.05) is 21.0 Å². The Hall–Kier alpha value is -2.60. The Labute approximate surface area is 164 Å². The highest BCUT2D eigenvalue weighted by molar-refractivity contribution is 7.82. The lowest BCUT2D eigenvalue weighted by atomic mass is 10.1. The maximum absolute atomic E-state index is 14.6. The summed E-state index contributed by atoms with van der Waals surface area (Å²) in [6.45, 7) is 0. The van der Waals surface area contributed by atoms with Crippen molar-refractivity contribution in [1.29, 1.82) is 0 Å². The minimum absolute atomic E-state index is 0.558. The molecule has 0 aliphatic heterocycles. The molecule has 27 heavy (non-hydrogen) atoms. The summed E-state index contributed by atoms with van der Waals surface area (Å²) in [6, 6.07) is 27.3. The van der Waals surface area contributed by atoms with Crippen molar-refractivity contribution in [2.75, 3.05) is 0 Å². The summed E-state index contributed by atoms with van der Waals surface area (Å²) in [4.78, 5) is 0. The van der Waals surface area contributed by atoms with Gasteiger partial charge in [-0.1, -0.05) is 103 Å². The van der Waals surface area contributed by atoms with Crippen LogP contribution in [0.4, 0.5) is 0 Å². The normalized spacial score (nSPS) is 18.9. The van der Waals surface area contributed by atoms with E-state index in [1.54, 1.807) is 0 Å². The molecule has 0 fully saturated rings. The fraction of sp³-hybridized carbons (Fsp3) is 0. The van der Waals surface area contributed by atoms with Crippen molar-refractivity contribution in [2.24, 2.45) is 0 Å². The molecule has 0 spiro atoms. The van der Waals surface area contributed by atoms with Crippen LogP contribution in [0.3, 0.4) is 0 Å². The smallest absolute Gasteiger partial charge is 0.171 e. The van der Waals surface area contributed by atoms with Crippen LogP contribution in [0.15, 0.2) is 107 Å². The molecule has 0 bridgehead atoms. The molecule has 0 aromatic heterocycles. The van der Waals surface area contributed by atoms with Crippen LogP contribution in [0.2, 0.25) is 0 Å². The van der Waals surface area contributed by atoms with E-state index < -0.39 is 7.14 Å². The first kappa shape index (κ1) is 17.8. The first-order chi connectivity index (χ1) is 13.2. The van der Waals surface area contributed by atoms with Crippen molar-refractivity contribution in [1.82, 2.24) is 0 Å². The Kier molecular flexibility index (Phi) is 4.99. The van der Waals surface area contributed by atoms with E-state index >= 15 is 0 Å². The molecular formula is C24H18ClOP. The SMILES string of the molecule is O=P(C1=C/c2ccccc2/C=C/C(Cl)=C\1)(c1ccccc1)c1ccccc1. The number of hydrogen-bond acceptors (Lipinski definition) is 1. The third-order valence-corrected chi connectivity index (χ3v) is 7.88. The molecule has 0 saturated heterocycles. The Morgan fingerprint density at radius 2 is 1.11 bits per heavy atom. The van der Waals surface area contributed by atoms with Gasteiger partial charge >= 0.3 is 0 Å². The van der Waals surface area contributed by atoms with Crippen molar-refractivity contribution in [3.05, 3.63) is 119 Å². The molecule has 1 aliphatic rings. The molecule has 3 aromatic carbocycles. The summed E-state index contributed by atoms with van der Waals surface area (Å²) in [5, 5.41) is 2.87. The quantitative estimate of drug-likeness (QED) is 0.489. The average Bonchev–Trinajstić information content (AvgIpc) is 2.72. The molecule has 0 heterocycles. The van der Waals surface area contributed by atoms with Crippen molar-refractivity contribution in [3.8, 4) is 0 Å². The van der Waals surface area contributed by atoms with Gasteiger partial charge in [0.05, 0.1) is 0 Å². The van der Waals surface area contributed by atoms with E-state index in [4.69, 9.17) is 11.6 Å². The molecule has 0 N–H and O–H groups in total. The lowest BCUT2D eigenvalue weighted by molar-refractivity contribution is 0.591. The Morgan fingerprint density at radius 1 is 0.593 bits per heavy atom. The molecule has 0 atom stereocenters. The van der Waals surface area contributed by atoms with Gasteiger partial charge in [0.15, 0.2) is 7.14 Å². The van der Waals surface area contributed by atoms with Gasteiger partial charge < -0.3 is 4.57 Å². The fourth-order valence-electron chi connectivity index (χ4n) is 3.26. The van der Waals surface area contributed by atoms with E-state index in [-0.39, 0.29) is 0 Å². The fourth-order valence-corrected chi connectivity index (χ4v) is 6.24. The molecule has 0 radical (unpaired) electrons. The Morgan fingerprint density at radius 3 is 1.70 bits per heavy atom. The third-order valence-electron chi connectivity index (χ3n) is 4.61. The third kappa shape index (κ3) is 3.49. The van der Waals surface area contributed by atoms with Crippen LogP contribution in [0.5, 0.6) is 0 Å². The standard InChI is InChI=1S/C24H18ClOP/c25-21-16-15-19-9-7-8-10-20(19)17-24(18-21)27(26,22-11-3-1-4-12-22)23-13-5-2-6-14-23/h1-18H/b16-15+,19-15?,20-17?,21-16?,21-18+,24-17+,24-18?. The van der Waals surface area contributed by atoms with Crippen molar-refractivity contribution >= 4 is 41.5 Å². The first-order valence-electron chi connectivity index (χ1n) is 8.76. The van der Waals surface area contributed by atoms with Gasteiger partial charge in [-0.3, -0.25) is 0 Å². The predicted molar refractivity (Wildman–Crippen MR) is 117 cm³/mol. The summed E-state index contributed by atoms with van der Waals surface area (Å²) in [7, 11) is -3.07. The Balaban J connectivity index is 2.02. The summed E-state index contributed by atoms with van der Waals surface area (Å²) in [6.07, 6.45) is 7.67. The number of halogens is 1. The number of rotatable bonds is 3. The lowest BCUT2D eigenvalue weighted by Crippen LogP contribution is -2.17. The van der Waals surface area contributed by atoms with E-state index in [1.165, 1.54) is 0 Å². The molecule has 0 saturated carbocycles. The first-order valence-corrected chi connectivity index (χ1v) is 10.8. The topological polar surface area (TPSA) is 17.1 Å². The van der Waals surface area contributed by atoms with Crippen LogP contribution < -0.4 is 10.6 Å². The second-order valence-corrected chi connectivity index (χ2v) is 9.55. The molecule has 4 rings (SSSR count). The second kappa shape index (κ2) is 7.56. The number of allylic oxidation sites excluding steroid dienone is 4. The minimum Gasteiger partial charge on any atom is -0.309 e. The molecular weight excluding hydrogens is 371 g/mol. The van der Waals surface area contributed by atoms with Gasteiger partial charge in [-0.05, 0) is 29.4 Å². The predicted octanol–water partition coefficient (Wildman–Crippen LogP) is 6.19. The zero-order valence-electron chi connectivity index (χ0n) is 14.6. The molecule has 0 unspecified atom stereocenters. The van der Waals surface area contributed by atoms with Gasteiger partial charge in [-0.2, -0.15) is 0 Å². The van der Waals surface area contributed by atoms with Gasteiger partial charge in [0.25, 0.3) is 0 Å². The number of hydrogen-bond donors (Lipinski definition) is 0. The van der Waals surface area contributed by atoms with Crippen molar-refractivity contribution in [2.45, 2.75) is 0 Å². The second-order valence-electron chi connectivity index (χ2n) is 6.34. The zero-order chi connectivity index (χ0) is 18.7. The minimum atomic E-state index is -3.07. The monoisotopic (exact) mass is 388 g/mol. The van der Waals surface area contributed by atoms with E-state index in [0.717, 1.165) is 27.1 Å². The van der Waals surface area contributed by atoms with E-state index in [2.05, 4.69) is 0 Å². The Bertz CT molecular complexity index is 1050. The highest BCUT2D eigenvalue weighted by atomic mass is 35.5. The van der Waals surface area contributed by atoms with E-state index in [9.17, 15) is 4.57 Å². The molecule has 132 valence electrons. The summed E-state index contributed by atoms with van der Waals surface area (Å²) < 4.78 is 14.6. The maximum Gasteiger partial charge on any atom is 0.171 e. The highest BCUT2D eigenvalue weighted by Crippen LogP contribution is 2.54. The maximum atomic E-state index is 14.6. The van der Waals surface area contributed by atoms with Gasteiger partial charge in [-0.15, -0.1) is 0 Å². The molecule has 3 heteroatoms. The number of benzene rings is 3. The summed E-state index contributed by atoms with van der Waals surface area (Å²) in [5.41, 5.74) is 2.07. The molecule has 1 aliphatic carbocycles. The van der Waals surface area contributed by atoms with Crippen LogP contribution in [-0.4, -0.2) is 0 Å². The lowest BCUT2D eigenvalue weighted by Gasteiger charge is -2.22. The number of fused-ring (bicyclic) bond motifs is 1. The summed E-state index contributed by atoms with van der Waals surface area (Å²) >= 11 is 6.45. The molecule has 0 amide bonds. The molecule has 1 nitrogen and oxygen atoms in total. The van der Waals surface area contributed by atoms with Crippen molar-refractivity contribution < 1.29 is 4.57 Å². The van der Waals surface area contributed by atoms with Crippen LogP contribution in [0.1, 0.15) is 11.1 Å². The van der Waals surface area contributed by atoms with Gasteiger partial charge in [-0.25, -0.2) is 0 Å². The van der Waals surface area contributed by atoms with Crippen LogP contribution >= 0.6 is 18.7 Å². The van der Waals surface area contributed by atoms with E-state index in [0.29, 0.717) is 5.03 Å². The van der Waals surface area contributed by atoms with Gasteiger partial charge in [0.2, 0.25) is 0 Å². The average molecular weight is 389 g/mol. The van der Waals surface area contributed by atoms with Crippen LogP contribution in [0, 0.1) is 0 Å². The van der Waals surface area contributed by atoms with Crippen LogP contribution in [-0.2, 0) is 4.57 Å². The largest absolute Gasteiger partial charge is 0.309 e. The summed E-state index contributed by atoms with van der Waals surface area (Å²) in [5.74, 6) is 0. The highest BCUT2D eigenvalue weighted by Gasteiger charge is 2.31. The van der Waals surface area contributed by atoms with Crippen molar-refractivity contribution in [3.63, 3.8) is 0 Å². The van der Waals surface area contributed by atoms with Gasteiger partial charge in [0.1, 0.15) is 0 Å². The van der Waals surface area contributed by atoms with E-state index in [1.807, 2.05) is 109 Å². The van der Waals surface area contributed by atoms with Crippen LogP contribution in [0.25, 0.3) is 12.2 Å². The molecule has 3 aromatic rings.